The summed E-state index contributed by atoms with van der Waals surface area (Å²) in [6.45, 7) is 2.87. The van der Waals surface area contributed by atoms with Gasteiger partial charge in [-0.25, -0.2) is 4.98 Å². The zero-order valence-electron chi connectivity index (χ0n) is 9.49. The molecule has 1 aliphatic carbocycles. The van der Waals surface area contributed by atoms with Gasteiger partial charge in [0.2, 0.25) is 0 Å². The second-order valence-electron chi connectivity index (χ2n) is 4.32. The number of rotatable bonds is 4. The van der Waals surface area contributed by atoms with Crippen molar-refractivity contribution >= 4 is 21.7 Å². The van der Waals surface area contributed by atoms with Crippen LogP contribution in [-0.4, -0.2) is 29.3 Å². The van der Waals surface area contributed by atoms with E-state index in [4.69, 9.17) is 5.11 Å². The molecule has 1 aromatic rings. The van der Waals surface area contributed by atoms with Crippen molar-refractivity contribution in [3.8, 4) is 0 Å². The van der Waals surface area contributed by atoms with Crippen molar-refractivity contribution in [2.75, 3.05) is 18.1 Å². The molecule has 1 fully saturated rings. The molecule has 88 valence electrons. The zero-order valence-corrected chi connectivity index (χ0v) is 11.1. The van der Waals surface area contributed by atoms with Gasteiger partial charge in [0.25, 0.3) is 0 Å². The summed E-state index contributed by atoms with van der Waals surface area (Å²) in [7, 11) is 0. The van der Waals surface area contributed by atoms with E-state index >= 15 is 0 Å². The van der Waals surface area contributed by atoms with E-state index in [2.05, 4.69) is 31.9 Å². The molecule has 0 spiro atoms. The van der Waals surface area contributed by atoms with Crippen LogP contribution in [0, 0.1) is 6.92 Å². The van der Waals surface area contributed by atoms with Gasteiger partial charge in [-0.1, -0.05) is 0 Å². The van der Waals surface area contributed by atoms with E-state index in [1.165, 1.54) is 19.3 Å². The van der Waals surface area contributed by atoms with Crippen molar-refractivity contribution in [2.24, 2.45) is 0 Å². The van der Waals surface area contributed by atoms with Crippen LogP contribution in [-0.2, 0) is 0 Å². The number of aliphatic hydroxyl groups excluding tert-OH is 1. The maximum absolute atomic E-state index is 9.13. The Bertz CT molecular complexity index is 366. The Morgan fingerprint density at radius 1 is 1.56 bits per heavy atom. The first-order chi connectivity index (χ1) is 7.72. The third-order valence-corrected chi connectivity index (χ3v) is 3.67. The smallest absolute Gasteiger partial charge is 0.143 e. The highest BCUT2D eigenvalue weighted by Crippen LogP contribution is 2.32. The van der Waals surface area contributed by atoms with Crippen LogP contribution < -0.4 is 4.90 Å². The van der Waals surface area contributed by atoms with E-state index in [0.717, 1.165) is 15.9 Å². The molecule has 1 N–H and O–H groups in total. The minimum Gasteiger partial charge on any atom is -0.395 e. The Morgan fingerprint density at radius 3 is 2.81 bits per heavy atom. The fourth-order valence-corrected chi connectivity index (χ4v) is 2.70. The number of aliphatic hydroxyl groups is 1. The van der Waals surface area contributed by atoms with Crippen molar-refractivity contribution in [2.45, 2.75) is 32.2 Å². The lowest BCUT2D eigenvalue weighted by atomic mass is 9.91. The van der Waals surface area contributed by atoms with Gasteiger partial charge in [0.05, 0.1) is 11.1 Å². The second kappa shape index (κ2) is 5.15. The Hall–Kier alpha value is -0.610. The van der Waals surface area contributed by atoms with E-state index in [1.54, 1.807) is 0 Å². The molecule has 0 radical (unpaired) electrons. The largest absolute Gasteiger partial charge is 0.395 e. The molecule has 1 heterocycles. The molecular formula is C12H17BrN2O. The molecule has 1 saturated carbocycles. The van der Waals surface area contributed by atoms with Crippen molar-refractivity contribution in [1.29, 1.82) is 0 Å². The molecule has 1 aliphatic rings. The van der Waals surface area contributed by atoms with Crippen LogP contribution in [0.1, 0.15) is 24.8 Å². The maximum atomic E-state index is 9.13. The number of aromatic nitrogens is 1. The lowest BCUT2D eigenvalue weighted by molar-refractivity contribution is 0.283. The predicted molar refractivity (Wildman–Crippen MR) is 68.7 cm³/mol. The van der Waals surface area contributed by atoms with Gasteiger partial charge in [0.15, 0.2) is 0 Å². The second-order valence-corrected chi connectivity index (χ2v) is 5.17. The number of pyridine rings is 1. The first-order valence-electron chi connectivity index (χ1n) is 5.72. The average Bonchev–Trinajstić information content (AvgIpc) is 2.14. The Kier molecular flexibility index (Phi) is 3.82. The van der Waals surface area contributed by atoms with Crippen molar-refractivity contribution in [1.82, 2.24) is 4.98 Å². The van der Waals surface area contributed by atoms with E-state index in [9.17, 15) is 0 Å². The molecule has 0 saturated heterocycles. The van der Waals surface area contributed by atoms with Crippen LogP contribution in [0.2, 0.25) is 0 Å². The summed E-state index contributed by atoms with van der Waals surface area (Å²) >= 11 is 3.55. The van der Waals surface area contributed by atoms with Gasteiger partial charge in [0.1, 0.15) is 5.82 Å². The van der Waals surface area contributed by atoms with Crippen LogP contribution in [0.25, 0.3) is 0 Å². The maximum Gasteiger partial charge on any atom is 0.143 e. The van der Waals surface area contributed by atoms with Crippen LogP contribution >= 0.6 is 15.9 Å². The van der Waals surface area contributed by atoms with Gasteiger partial charge in [-0.2, -0.15) is 0 Å². The van der Waals surface area contributed by atoms with Gasteiger partial charge in [-0.05, 0) is 53.7 Å². The van der Waals surface area contributed by atoms with Crippen molar-refractivity contribution in [3.63, 3.8) is 0 Å². The molecule has 4 heteroatoms. The highest BCUT2D eigenvalue weighted by Gasteiger charge is 2.26. The van der Waals surface area contributed by atoms with Crippen LogP contribution in [0.3, 0.4) is 0 Å². The Balaban J connectivity index is 2.23. The summed E-state index contributed by atoms with van der Waals surface area (Å²) in [6.07, 6.45) is 5.59. The molecule has 16 heavy (non-hydrogen) atoms. The molecule has 2 rings (SSSR count). The summed E-state index contributed by atoms with van der Waals surface area (Å²) in [6, 6.07) is 2.63. The summed E-state index contributed by atoms with van der Waals surface area (Å²) in [5.74, 6) is 0.962. The molecule has 0 amide bonds. The van der Waals surface area contributed by atoms with Crippen LogP contribution in [0.4, 0.5) is 5.82 Å². The quantitative estimate of drug-likeness (QED) is 0.923. The number of hydrogen-bond donors (Lipinski definition) is 1. The molecular weight excluding hydrogens is 268 g/mol. The zero-order chi connectivity index (χ0) is 11.5. The summed E-state index contributed by atoms with van der Waals surface area (Å²) in [5.41, 5.74) is 1.15. The summed E-state index contributed by atoms with van der Waals surface area (Å²) < 4.78 is 1.02. The van der Waals surface area contributed by atoms with E-state index < -0.39 is 0 Å². The lowest BCUT2D eigenvalue weighted by Gasteiger charge is -2.38. The standard InChI is InChI=1S/C12H17BrN2O/c1-9-7-11(13)12(14-8-9)15(5-6-16)10-3-2-4-10/h7-8,10,16H,2-6H2,1H3. The minimum atomic E-state index is 0.179. The summed E-state index contributed by atoms with van der Waals surface area (Å²) in [5, 5.41) is 9.13. The SMILES string of the molecule is Cc1cnc(N(CCO)C2CCC2)c(Br)c1. The molecule has 0 unspecified atom stereocenters. The summed E-state index contributed by atoms with van der Waals surface area (Å²) in [4.78, 5) is 6.68. The minimum absolute atomic E-state index is 0.179. The Morgan fingerprint density at radius 2 is 2.31 bits per heavy atom. The first kappa shape index (κ1) is 11.9. The number of nitrogens with zero attached hydrogens (tertiary/aromatic N) is 2. The normalized spacial score (nSPS) is 15.9. The number of aryl methyl sites for hydroxylation is 1. The van der Waals surface area contributed by atoms with Gasteiger partial charge in [-0.15, -0.1) is 0 Å². The van der Waals surface area contributed by atoms with Gasteiger partial charge in [-0.3, -0.25) is 0 Å². The van der Waals surface area contributed by atoms with Crippen molar-refractivity contribution in [3.05, 3.63) is 22.3 Å². The van der Waals surface area contributed by atoms with Gasteiger partial charge in [0, 0.05) is 18.8 Å². The molecule has 3 nitrogen and oxygen atoms in total. The first-order valence-corrected chi connectivity index (χ1v) is 6.51. The van der Waals surface area contributed by atoms with Crippen molar-refractivity contribution < 1.29 is 5.11 Å². The number of halogens is 1. The highest BCUT2D eigenvalue weighted by molar-refractivity contribution is 9.10. The Labute approximate surface area is 105 Å². The molecule has 0 atom stereocenters. The fraction of sp³-hybridized carbons (Fsp3) is 0.583. The lowest BCUT2D eigenvalue weighted by Crippen LogP contribution is -2.42. The van der Waals surface area contributed by atoms with Gasteiger partial charge >= 0.3 is 0 Å². The van der Waals surface area contributed by atoms with E-state index in [1.807, 2.05) is 13.1 Å². The third-order valence-electron chi connectivity index (χ3n) is 3.09. The third kappa shape index (κ3) is 2.38. The molecule has 0 aromatic carbocycles. The molecule has 0 bridgehead atoms. The fourth-order valence-electron chi connectivity index (χ4n) is 2.01. The number of anilines is 1. The van der Waals surface area contributed by atoms with E-state index in [-0.39, 0.29) is 6.61 Å². The molecule has 1 aromatic heterocycles. The highest BCUT2D eigenvalue weighted by atomic mass is 79.9. The topological polar surface area (TPSA) is 36.4 Å². The monoisotopic (exact) mass is 284 g/mol. The average molecular weight is 285 g/mol. The van der Waals surface area contributed by atoms with E-state index in [0.29, 0.717) is 12.6 Å². The van der Waals surface area contributed by atoms with Crippen LogP contribution in [0.15, 0.2) is 16.7 Å². The van der Waals surface area contributed by atoms with Gasteiger partial charge < -0.3 is 10.0 Å². The number of hydrogen-bond acceptors (Lipinski definition) is 3. The molecule has 0 aliphatic heterocycles. The predicted octanol–water partition coefficient (Wildman–Crippen LogP) is 2.50. The van der Waals surface area contributed by atoms with Crippen LogP contribution in [0.5, 0.6) is 0 Å².